The van der Waals surface area contributed by atoms with Crippen molar-refractivity contribution in [2.75, 3.05) is 13.2 Å². The molecule has 0 N–H and O–H groups in total. The summed E-state index contributed by atoms with van der Waals surface area (Å²) in [6.45, 7) is 2.14. The van der Waals surface area contributed by atoms with Gasteiger partial charge < -0.3 is 14.2 Å². The maximum absolute atomic E-state index is 11.9. The summed E-state index contributed by atoms with van der Waals surface area (Å²) in [5, 5.41) is 0. The second kappa shape index (κ2) is 5.88. The zero-order valence-electron chi connectivity index (χ0n) is 11.2. The first-order valence-corrected chi connectivity index (χ1v) is 6.70. The third kappa shape index (κ3) is 3.05. The highest BCUT2D eigenvalue weighted by Crippen LogP contribution is 2.12. The van der Waals surface area contributed by atoms with Gasteiger partial charge in [0.25, 0.3) is 0 Å². The van der Waals surface area contributed by atoms with Gasteiger partial charge in [0.2, 0.25) is 5.91 Å². The maximum Gasteiger partial charge on any atom is 0.248 e. The molecule has 1 aliphatic rings. The summed E-state index contributed by atoms with van der Waals surface area (Å²) in [4.78, 5) is 17.8. The van der Waals surface area contributed by atoms with Crippen LogP contribution < -0.4 is 0 Å². The number of morpholine rings is 1. The summed E-state index contributed by atoms with van der Waals surface area (Å²) in [6.07, 6.45) is 5.43. The van der Waals surface area contributed by atoms with Gasteiger partial charge in [-0.2, -0.15) is 0 Å². The summed E-state index contributed by atoms with van der Waals surface area (Å²) >= 11 is 0. The quantitative estimate of drug-likeness (QED) is 0.842. The van der Waals surface area contributed by atoms with E-state index in [9.17, 15) is 4.79 Å². The van der Waals surface area contributed by atoms with Crippen LogP contribution in [0.3, 0.4) is 0 Å². The van der Waals surface area contributed by atoms with Gasteiger partial charge in [-0.1, -0.05) is 30.3 Å². The average molecular weight is 271 g/mol. The van der Waals surface area contributed by atoms with Crippen molar-refractivity contribution < 1.29 is 9.53 Å². The molecule has 104 valence electrons. The van der Waals surface area contributed by atoms with Gasteiger partial charge in [0.1, 0.15) is 6.61 Å². The number of hydrogen-bond donors (Lipinski definition) is 0. The molecule has 2 heterocycles. The lowest BCUT2D eigenvalue weighted by molar-refractivity contribution is -0.150. The van der Waals surface area contributed by atoms with Crippen LogP contribution in [0.2, 0.25) is 0 Å². The van der Waals surface area contributed by atoms with Crippen LogP contribution in [0.25, 0.3) is 0 Å². The van der Waals surface area contributed by atoms with Gasteiger partial charge in [-0.25, -0.2) is 4.98 Å². The Bertz CT molecular complexity index is 554. The molecule has 0 unspecified atom stereocenters. The number of benzene rings is 1. The van der Waals surface area contributed by atoms with E-state index in [2.05, 4.69) is 4.98 Å². The van der Waals surface area contributed by atoms with Crippen molar-refractivity contribution in [2.45, 2.75) is 19.2 Å². The van der Waals surface area contributed by atoms with Crippen molar-refractivity contribution in [1.29, 1.82) is 0 Å². The normalized spacial score (nSPS) is 19.3. The van der Waals surface area contributed by atoms with E-state index in [1.54, 1.807) is 12.5 Å². The fraction of sp³-hybridized carbons (Fsp3) is 0.333. The van der Waals surface area contributed by atoms with E-state index < -0.39 is 0 Å². The topological polar surface area (TPSA) is 47.4 Å². The maximum atomic E-state index is 11.9. The third-order valence-corrected chi connectivity index (χ3v) is 3.41. The highest BCUT2D eigenvalue weighted by Gasteiger charge is 2.26. The minimum atomic E-state index is 0.0191. The van der Waals surface area contributed by atoms with Crippen molar-refractivity contribution >= 4 is 5.91 Å². The molecule has 1 fully saturated rings. The molecule has 20 heavy (non-hydrogen) atoms. The van der Waals surface area contributed by atoms with E-state index in [-0.39, 0.29) is 18.6 Å². The van der Waals surface area contributed by atoms with Gasteiger partial charge in [-0.15, -0.1) is 0 Å². The van der Waals surface area contributed by atoms with Crippen molar-refractivity contribution in [3.8, 4) is 0 Å². The SMILES string of the molecule is O=C1CO[C@@H](Cn2ccnc2)CN1Cc1ccccc1. The van der Waals surface area contributed by atoms with Gasteiger partial charge in [-0.3, -0.25) is 4.79 Å². The number of ether oxygens (including phenoxy) is 1. The van der Waals surface area contributed by atoms with Crippen LogP contribution in [0, 0.1) is 0 Å². The molecule has 1 amide bonds. The summed E-state index contributed by atoms with van der Waals surface area (Å²) in [7, 11) is 0. The van der Waals surface area contributed by atoms with Crippen LogP contribution in [0.15, 0.2) is 49.1 Å². The van der Waals surface area contributed by atoms with Gasteiger partial charge >= 0.3 is 0 Å². The van der Waals surface area contributed by atoms with E-state index in [4.69, 9.17) is 4.74 Å². The molecular formula is C15H17N3O2. The Labute approximate surface area is 117 Å². The fourth-order valence-electron chi connectivity index (χ4n) is 2.38. The van der Waals surface area contributed by atoms with Crippen LogP contribution in [-0.4, -0.2) is 39.6 Å². The lowest BCUT2D eigenvalue weighted by atomic mass is 10.2. The lowest BCUT2D eigenvalue weighted by Crippen LogP contribution is -2.47. The average Bonchev–Trinajstić information content (AvgIpc) is 2.97. The number of rotatable bonds is 4. The largest absolute Gasteiger partial charge is 0.365 e. The molecule has 0 bridgehead atoms. The summed E-state index contributed by atoms with van der Waals surface area (Å²) < 4.78 is 7.57. The highest BCUT2D eigenvalue weighted by atomic mass is 16.5. The lowest BCUT2D eigenvalue weighted by Gasteiger charge is -2.33. The predicted molar refractivity (Wildman–Crippen MR) is 73.8 cm³/mol. The summed E-state index contributed by atoms with van der Waals surface area (Å²) in [6, 6.07) is 10.0. The second-order valence-corrected chi connectivity index (χ2v) is 4.95. The zero-order chi connectivity index (χ0) is 13.8. The molecule has 0 saturated carbocycles. The van der Waals surface area contributed by atoms with E-state index in [1.165, 1.54) is 0 Å². The first-order valence-electron chi connectivity index (χ1n) is 6.70. The van der Waals surface area contributed by atoms with Gasteiger partial charge in [0.05, 0.1) is 19.0 Å². The van der Waals surface area contributed by atoms with E-state index in [0.717, 1.165) is 12.1 Å². The molecule has 1 aromatic carbocycles. The van der Waals surface area contributed by atoms with Crippen LogP contribution in [-0.2, 0) is 22.6 Å². The van der Waals surface area contributed by atoms with Crippen LogP contribution in [0.4, 0.5) is 0 Å². The van der Waals surface area contributed by atoms with Crippen molar-refractivity contribution in [2.24, 2.45) is 0 Å². The Kier molecular flexibility index (Phi) is 3.78. The molecule has 1 atom stereocenters. The van der Waals surface area contributed by atoms with Gasteiger partial charge in [-0.05, 0) is 5.56 Å². The molecular weight excluding hydrogens is 254 g/mol. The Balaban J connectivity index is 1.63. The smallest absolute Gasteiger partial charge is 0.248 e. The molecule has 0 radical (unpaired) electrons. The van der Waals surface area contributed by atoms with Crippen molar-refractivity contribution in [3.63, 3.8) is 0 Å². The van der Waals surface area contributed by atoms with E-state index >= 15 is 0 Å². The first kappa shape index (κ1) is 12.9. The number of amides is 1. The minimum Gasteiger partial charge on any atom is -0.365 e. The van der Waals surface area contributed by atoms with Crippen LogP contribution in [0.1, 0.15) is 5.56 Å². The molecule has 1 aliphatic heterocycles. The Morgan fingerprint density at radius 2 is 2.15 bits per heavy atom. The number of hydrogen-bond acceptors (Lipinski definition) is 3. The number of carbonyl (C=O) groups excluding carboxylic acids is 1. The number of imidazole rings is 1. The highest BCUT2D eigenvalue weighted by molar-refractivity contribution is 5.78. The van der Waals surface area contributed by atoms with Gasteiger partial charge in [0, 0.05) is 25.5 Å². The Morgan fingerprint density at radius 1 is 1.30 bits per heavy atom. The molecule has 1 aromatic heterocycles. The molecule has 0 aliphatic carbocycles. The fourth-order valence-corrected chi connectivity index (χ4v) is 2.38. The molecule has 5 nitrogen and oxygen atoms in total. The second-order valence-electron chi connectivity index (χ2n) is 4.95. The third-order valence-electron chi connectivity index (χ3n) is 3.41. The number of carbonyl (C=O) groups is 1. The number of nitrogens with zero attached hydrogens (tertiary/aromatic N) is 3. The summed E-state index contributed by atoms with van der Waals surface area (Å²) in [5.74, 6) is 0.0516. The minimum absolute atomic E-state index is 0.0191. The molecule has 5 heteroatoms. The standard InChI is InChI=1S/C15H17N3O2/c19-15-11-20-14(9-17-7-6-16-12-17)10-18(15)8-13-4-2-1-3-5-13/h1-7,12,14H,8-11H2/t14-/m0/s1. The van der Waals surface area contributed by atoms with Crippen molar-refractivity contribution in [1.82, 2.24) is 14.5 Å². The molecule has 0 spiro atoms. The van der Waals surface area contributed by atoms with Crippen molar-refractivity contribution in [3.05, 3.63) is 54.6 Å². The first-order chi connectivity index (χ1) is 9.81. The summed E-state index contributed by atoms with van der Waals surface area (Å²) in [5.41, 5.74) is 1.14. The number of aromatic nitrogens is 2. The molecule has 1 saturated heterocycles. The molecule has 2 aromatic rings. The van der Waals surface area contributed by atoms with E-state index in [1.807, 2.05) is 46.0 Å². The van der Waals surface area contributed by atoms with Gasteiger partial charge in [0.15, 0.2) is 0 Å². The Morgan fingerprint density at radius 3 is 2.90 bits per heavy atom. The van der Waals surface area contributed by atoms with E-state index in [0.29, 0.717) is 13.1 Å². The molecule has 3 rings (SSSR count). The van der Waals surface area contributed by atoms with Crippen LogP contribution in [0.5, 0.6) is 0 Å². The zero-order valence-corrected chi connectivity index (χ0v) is 11.2. The Hall–Kier alpha value is -2.14. The monoisotopic (exact) mass is 271 g/mol. The predicted octanol–water partition coefficient (Wildman–Crippen LogP) is 1.31. The van der Waals surface area contributed by atoms with Crippen LogP contribution >= 0.6 is 0 Å².